The topological polar surface area (TPSA) is 34.1 Å². The molecule has 0 spiro atoms. The van der Waals surface area contributed by atoms with Crippen molar-refractivity contribution < 1.29 is 8.42 Å². The molecule has 1 aliphatic rings. The Morgan fingerprint density at radius 2 is 1.75 bits per heavy atom. The summed E-state index contributed by atoms with van der Waals surface area (Å²) < 4.78 is 21.6. The van der Waals surface area contributed by atoms with Crippen LogP contribution in [0, 0.1) is 11.3 Å². The summed E-state index contributed by atoms with van der Waals surface area (Å²) in [5, 5.41) is 0. The zero-order chi connectivity index (χ0) is 9.41. The van der Waals surface area contributed by atoms with E-state index >= 15 is 0 Å². The molecule has 0 N–H and O–H groups in total. The van der Waals surface area contributed by atoms with Crippen LogP contribution in [0.2, 0.25) is 0 Å². The molecule has 0 aromatic carbocycles. The second-order valence-electron chi connectivity index (χ2n) is 5.04. The zero-order valence-electron chi connectivity index (χ0n) is 8.13. The highest BCUT2D eigenvalue weighted by Gasteiger charge is 2.33. The molecular weight excluding hydrogens is 172 g/mol. The van der Waals surface area contributed by atoms with Gasteiger partial charge in [-0.15, -0.1) is 0 Å². The minimum atomic E-state index is -2.60. The summed E-state index contributed by atoms with van der Waals surface area (Å²) in [6.45, 7) is 6.58. The maximum atomic E-state index is 10.8. The van der Waals surface area contributed by atoms with E-state index in [2.05, 4.69) is 20.8 Å². The third kappa shape index (κ3) is 3.13. The molecule has 0 bridgehead atoms. The van der Waals surface area contributed by atoms with Gasteiger partial charge in [0.05, 0.1) is 11.5 Å². The molecule has 72 valence electrons. The van der Waals surface area contributed by atoms with Crippen molar-refractivity contribution >= 4 is 9.84 Å². The van der Waals surface area contributed by atoms with Gasteiger partial charge < -0.3 is 0 Å². The molecule has 0 amide bonds. The van der Waals surface area contributed by atoms with Gasteiger partial charge >= 0.3 is 0 Å². The molecular formula is C9H18O2S. The average Bonchev–Trinajstić information content (AvgIpc) is 1.76. The number of hydrogen-bond acceptors (Lipinski definition) is 2. The number of hydrogen-bond donors (Lipinski definition) is 0. The predicted molar refractivity (Wildman–Crippen MR) is 50.8 cm³/mol. The lowest BCUT2D eigenvalue weighted by molar-refractivity contribution is 0.331. The molecule has 0 aromatic heterocycles. The molecule has 1 saturated heterocycles. The minimum absolute atomic E-state index is 0.347. The zero-order valence-corrected chi connectivity index (χ0v) is 8.95. The first-order valence-corrected chi connectivity index (χ1v) is 6.31. The standard InChI is InChI=1S/C9H18O2S/c1-9(2,3)5-4-8-6-12(10,11)7-8/h8H,4-7H2,1-3H3. The molecule has 0 radical (unpaired) electrons. The summed E-state index contributed by atoms with van der Waals surface area (Å²) >= 11 is 0. The van der Waals surface area contributed by atoms with E-state index in [4.69, 9.17) is 0 Å². The van der Waals surface area contributed by atoms with Crippen molar-refractivity contribution in [3.8, 4) is 0 Å². The summed E-state index contributed by atoms with van der Waals surface area (Å²) in [5.41, 5.74) is 0.347. The Morgan fingerprint density at radius 3 is 2.08 bits per heavy atom. The smallest absolute Gasteiger partial charge is 0.150 e. The van der Waals surface area contributed by atoms with Gasteiger partial charge in [-0.25, -0.2) is 8.42 Å². The largest absolute Gasteiger partial charge is 0.229 e. The summed E-state index contributed by atoms with van der Waals surface area (Å²) in [5.74, 6) is 1.32. The number of rotatable bonds is 2. The molecule has 1 fully saturated rings. The number of sulfone groups is 1. The average molecular weight is 190 g/mol. The van der Waals surface area contributed by atoms with Crippen molar-refractivity contribution in [3.05, 3.63) is 0 Å². The lowest BCUT2D eigenvalue weighted by atomic mass is 9.87. The molecule has 2 nitrogen and oxygen atoms in total. The Morgan fingerprint density at radius 1 is 1.25 bits per heavy atom. The minimum Gasteiger partial charge on any atom is -0.229 e. The van der Waals surface area contributed by atoms with Gasteiger partial charge in [-0.05, 0) is 24.2 Å². The molecule has 12 heavy (non-hydrogen) atoms. The van der Waals surface area contributed by atoms with Crippen LogP contribution in [-0.4, -0.2) is 19.9 Å². The molecule has 3 heteroatoms. The lowest BCUT2D eigenvalue weighted by Crippen LogP contribution is -2.36. The van der Waals surface area contributed by atoms with Crippen LogP contribution in [0.3, 0.4) is 0 Å². The van der Waals surface area contributed by atoms with Crippen LogP contribution in [0.4, 0.5) is 0 Å². The first kappa shape index (κ1) is 10.0. The molecule has 1 rings (SSSR count). The van der Waals surface area contributed by atoms with Crippen LogP contribution < -0.4 is 0 Å². The van der Waals surface area contributed by atoms with Crippen LogP contribution in [0.25, 0.3) is 0 Å². The SMILES string of the molecule is CC(C)(C)CCC1CS(=O)(=O)C1. The Kier molecular flexibility index (Phi) is 2.52. The molecule has 1 heterocycles. The van der Waals surface area contributed by atoms with Crippen LogP contribution >= 0.6 is 0 Å². The highest BCUT2D eigenvalue weighted by molar-refractivity contribution is 7.92. The third-order valence-electron chi connectivity index (χ3n) is 2.28. The van der Waals surface area contributed by atoms with Gasteiger partial charge in [0.1, 0.15) is 0 Å². The summed E-state index contributed by atoms with van der Waals surface area (Å²) in [6.07, 6.45) is 2.20. The molecule has 0 aromatic rings. The Labute approximate surface area is 75.3 Å². The molecule has 0 aliphatic carbocycles. The van der Waals surface area contributed by atoms with Gasteiger partial charge in [0.25, 0.3) is 0 Å². The summed E-state index contributed by atoms with van der Waals surface area (Å²) in [4.78, 5) is 0. The Hall–Kier alpha value is -0.0500. The van der Waals surface area contributed by atoms with Crippen LogP contribution in [0.15, 0.2) is 0 Å². The third-order valence-corrected chi connectivity index (χ3v) is 4.24. The Bertz CT molecular complexity index is 234. The monoisotopic (exact) mass is 190 g/mol. The van der Waals surface area contributed by atoms with Crippen LogP contribution in [0.5, 0.6) is 0 Å². The van der Waals surface area contributed by atoms with E-state index < -0.39 is 9.84 Å². The van der Waals surface area contributed by atoms with Gasteiger partial charge in [0.2, 0.25) is 0 Å². The van der Waals surface area contributed by atoms with E-state index in [1.54, 1.807) is 0 Å². The lowest BCUT2D eigenvalue weighted by Gasteiger charge is -2.28. The fourth-order valence-electron chi connectivity index (χ4n) is 1.47. The predicted octanol–water partition coefficient (Wildman–Crippen LogP) is 1.86. The highest BCUT2D eigenvalue weighted by atomic mass is 32.2. The maximum Gasteiger partial charge on any atom is 0.150 e. The van der Waals surface area contributed by atoms with Gasteiger partial charge in [0.15, 0.2) is 9.84 Å². The van der Waals surface area contributed by atoms with Crippen LogP contribution in [-0.2, 0) is 9.84 Å². The molecule has 0 saturated carbocycles. The first-order chi connectivity index (χ1) is 5.29. The fraction of sp³-hybridized carbons (Fsp3) is 1.00. The highest BCUT2D eigenvalue weighted by Crippen LogP contribution is 2.29. The molecule has 1 aliphatic heterocycles. The Balaban J connectivity index is 2.21. The van der Waals surface area contributed by atoms with E-state index in [9.17, 15) is 8.42 Å². The maximum absolute atomic E-state index is 10.8. The normalized spacial score (nSPS) is 23.6. The van der Waals surface area contributed by atoms with Crippen molar-refractivity contribution in [1.82, 2.24) is 0 Å². The van der Waals surface area contributed by atoms with Crippen molar-refractivity contribution in [2.45, 2.75) is 33.6 Å². The van der Waals surface area contributed by atoms with Crippen molar-refractivity contribution in [2.75, 3.05) is 11.5 Å². The van der Waals surface area contributed by atoms with E-state index in [-0.39, 0.29) is 0 Å². The van der Waals surface area contributed by atoms with E-state index in [1.807, 2.05) is 0 Å². The van der Waals surface area contributed by atoms with Crippen molar-refractivity contribution in [1.29, 1.82) is 0 Å². The second-order valence-corrected chi connectivity index (χ2v) is 7.20. The van der Waals surface area contributed by atoms with Gasteiger partial charge in [-0.2, -0.15) is 0 Å². The van der Waals surface area contributed by atoms with E-state index in [1.165, 1.54) is 0 Å². The molecule has 0 atom stereocenters. The summed E-state index contributed by atoms with van der Waals surface area (Å²) in [6, 6.07) is 0. The summed E-state index contributed by atoms with van der Waals surface area (Å²) in [7, 11) is -2.60. The van der Waals surface area contributed by atoms with Crippen molar-refractivity contribution in [2.24, 2.45) is 11.3 Å². The first-order valence-electron chi connectivity index (χ1n) is 4.49. The van der Waals surface area contributed by atoms with Crippen LogP contribution in [0.1, 0.15) is 33.6 Å². The van der Waals surface area contributed by atoms with Gasteiger partial charge in [-0.1, -0.05) is 20.8 Å². The van der Waals surface area contributed by atoms with Crippen molar-refractivity contribution in [3.63, 3.8) is 0 Å². The molecule has 0 unspecified atom stereocenters. The van der Waals surface area contributed by atoms with Gasteiger partial charge in [0, 0.05) is 0 Å². The fourth-order valence-corrected chi connectivity index (χ4v) is 3.15. The second kappa shape index (κ2) is 3.02. The van der Waals surface area contributed by atoms with Gasteiger partial charge in [-0.3, -0.25) is 0 Å². The van der Waals surface area contributed by atoms with E-state index in [0.29, 0.717) is 22.8 Å². The van der Waals surface area contributed by atoms with E-state index in [0.717, 1.165) is 12.8 Å². The quantitative estimate of drug-likeness (QED) is 0.666.